The molecule has 2 aromatic rings. The number of nitrogens with zero attached hydrogens (tertiary/aromatic N) is 5. The van der Waals surface area contributed by atoms with Crippen LogP contribution in [-0.2, 0) is 0 Å². The lowest BCUT2D eigenvalue weighted by Gasteiger charge is -2.10. The maximum atomic E-state index is 4.53. The molecule has 0 aromatic carbocycles. The lowest BCUT2D eigenvalue weighted by molar-refractivity contribution is 0.425. The number of aromatic nitrogens is 3. The highest BCUT2D eigenvalue weighted by molar-refractivity contribution is 6.01. The second kappa shape index (κ2) is 3.94. The predicted octanol–water partition coefficient (Wildman–Crippen LogP) is 2.07. The van der Waals surface area contributed by atoms with Gasteiger partial charge in [0.2, 0.25) is 0 Å². The van der Waals surface area contributed by atoms with Crippen molar-refractivity contribution in [2.45, 2.75) is 20.8 Å². The van der Waals surface area contributed by atoms with Crippen LogP contribution in [0, 0.1) is 6.92 Å². The fourth-order valence-electron chi connectivity index (χ4n) is 2.12. The minimum atomic E-state index is 0.844. The van der Waals surface area contributed by atoms with E-state index >= 15 is 0 Å². The second-order valence-corrected chi connectivity index (χ2v) is 4.37. The van der Waals surface area contributed by atoms with E-state index in [0.29, 0.717) is 0 Å². The van der Waals surface area contributed by atoms with E-state index in [0.717, 1.165) is 34.9 Å². The molecular formula is C13H15N5. The molecule has 3 heterocycles. The van der Waals surface area contributed by atoms with Gasteiger partial charge in [0.25, 0.3) is 0 Å². The summed E-state index contributed by atoms with van der Waals surface area (Å²) in [6.45, 7) is 6.89. The van der Waals surface area contributed by atoms with Crippen molar-refractivity contribution in [1.82, 2.24) is 19.6 Å². The molecule has 92 valence electrons. The van der Waals surface area contributed by atoms with Gasteiger partial charge in [-0.2, -0.15) is 10.2 Å². The minimum absolute atomic E-state index is 0.844. The molecule has 0 radical (unpaired) electrons. The minimum Gasteiger partial charge on any atom is -0.273 e. The van der Waals surface area contributed by atoms with Gasteiger partial charge in [-0.05, 0) is 26.8 Å². The van der Waals surface area contributed by atoms with Crippen molar-refractivity contribution in [1.29, 1.82) is 0 Å². The highest BCUT2D eigenvalue weighted by atomic mass is 15.4. The van der Waals surface area contributed by atoms with E-state index in [9.17, 15) is 0 Å². The van der Waals surface area contributed by atoms with Gasteiger partial charge in [-0.3, -0.25) is 5.01 Å². The van der Waals surface area contributed by atoms with Gasteiger partial charge in [0, 0.05) is 30.6 Å². The molecule has 2 aromatic heterocycles. The van der Waals surface area contributed by atoms with Gasteiger partial charge < -0.3 is 0 Å². The quantitative estimate of drug-likeness (QED) is 0.767. The molecular weight excluding hydrogens is 226 g/mol. The van der Waals surface area contributed by atoms with E-state index in [1.54, 1.807) is 0 Å². The van der Waals surface area contributed by atoms with Crippen molar-refractivity contribution < 1.29 is 0 Å². The first kappa shape index (κ1) is 11.0. The van der Waals surface area contributed by atoms with E-state index in [1.807, 2.05) is 47.9 Å². The smallest absolute Gasteiger partial charge is 0.155 e. The fraction of sp³-hybridized carbons (Fsp3) is 0.308. The van der Waals surface area contributed by atoms with Crippen LogP contribution in [0.1, 0.15) is 30.8 Å². The van der Waals surface area contributed by atoms with Crippen LogP contribution in [0.2, 0.25) is 0 Å². The summed E-state index contributed by atoms with van der Waals surface area (Å²) in [5, 5.41) is 10.9. The number of aryl methyl sites for hydroxylation is 1. The lowest BCUT2D eigenvalue weighted by Crippen LogP contribution is -2.10. The van der Waals surface area contributed by atoms with Crippen molar-refractivity contribution in [3.63, 3.8) is 0 Å². The predicted molar refractivity (Wildman–Crippen MR) is 71.3 cm³/mol. The van der Waals surface area contributed by atoms with E-state index in [2.05, 4.69) is 22.1 Å². The monoisotopic (exact) mass is 241 g/mol. The van der Waals surface area contributed by atoms with Crippen molar-refractivity contribution in [3.8, 4) is 0 Å². The van der Waals surface area contributed by atoms with Crippen molar-refractivity contribution in [3.05, 3.63) is 35.4 Å². The van der Waals surface area contributed by atoms with Crippen LogP contribution in [0.5, 0.6) is 0 Å². The maximum absolute atomic E-state index is 4.53. The average molecular weight is 241 g/mol. The number of fused-ring (bicyclic) bond motifs is 3. The molecule has 0 N–H and O–H groups in total. The Balaban J connectivity index is 2.29. The molecule has 3 rings (SSSR count). The van der Waals surface area contributed by atoms with Gasteiger partial charge in [0.1, 0.15) is 0 Å². The number of hydrogen-bond acceptors (Lipinski definition) is 4. The third-order valence-electron chi connectivity index (χ3n) is 3.04. The zero-order chi connectivity index (χ0) is 12.7. The van der Waals surface area contributed by atoms with Crippen molar-refractivity contribution in [2.75, 3.05) is 6.54 Å². The Labute approximate surface area is 105 Å². The number of rotatable bonds is 1. The SMILES string of the molecule is CCN1C=Cc2c(cnc3cc(C)nn23)C(C)=N1. The molecule has 0 aliphatic carbocycles. The van der Waals surface area contributed by atoms with Crippen molar-refractivity contribution >= 4 is 17.4 Å². The third-order valence-corrected chi connectivity index (χ3v) is 3.04. The highest BCUT2D eigenvalue weighted by Gasteiger charge is 2.14. The van der Waals surface area contributed by atoms with Crippen LogP contribution in [-0.4, -0.2) is 31.9 Å². The van der Waals surface area contributed by atoms with E-state index in [-0.39, 0.29) is 0 Å². The number of hydrogen-bond donors (Lipinski definition) is 0. The Morgan fingerprint density at radius 2 is 2.11 bits per heavy atom. The van der Waals surface area contributed by atoms with Crippen LogP contribution >= 0.6 is 0 Å². The van der Waals surface area contributed by atoms with Crippen LogP contribution in [0.15, 0.2) is 23.6 Å². The molecule has 1 aliphatic heterocycles. The highest BCUT2D eigenvalue weighted by Crippen LogP contribution is 2.18. The fourth-order valence-corrected chi connectivity index (χ4v) is 2.12. The van der Waals surface area contributed by atoms with E-state index in [1.165, 1.54) is 0 Å². The van der Waals surface area contributed by atoms with Gasteiger partial charge in [-0.25, -0.2) is 9.50 Å². The zero-order valence-corrected chi connectivity index (χ0v) is 10.8. The summed E-state index contributed by atoms with van der Waals surface area (Å²) in [7, 11) is 0. The zero-order valence-electron chi connectivity index (χ0n) is 10.8. The molecule has 0 atom stereocenters. The van der Waals surface area contributed by atoms with Gasteiger partial charge >= 0.3 is 0 Å². The third kappa shape index (κ3) is 1.59. The molecule has 0 saturated carbocycles. The van der Waals surface area contributed by atoms with Gasteiger partial charge in [0.05, 0.1) is 17.1 Å². The molecule has 0 spiro atoms. The Bertz CT molecular complexity index is 665. The first-order valence-electron chi connectivity index (χ1n) is 6.05. The summed E-state index contributed by atoms with van der Waals surface area (Å²) in [5.41, 5.74) is 4.85. The molecule has 0 bridgehead atoms. The molecule has 1 aliphatic rings. The summed E-state index contributed by atoms with van der Waals surface area (Å²) in [6.07, 6.45) is 5.89. The molecule has 0 fully saturated rings. The Morgan fingerprint density at radius 3 is 2.89 bits per heavy atom. The van der Waals surface area contributed by atoms with Crippen LogP contribution in [0.3, 0.4) is 0 Å². The summed E-state index contributed by atoms with van der Waals surface area (Å²) in [5.74, 6) is 0. The molecule has 5 nitrogen and oxygen atoms in total. The Kier molecular flexibility index (Phi) is 2.40. The largest absolute Gasteiger partial charge is 0.273 e. The molecule has 0 amide bonds. The summed E-state index contributed by atoms with van der Waals surface area (Å²) in [6, 6.07) is 1.98. The van der Waals surface area contributed by atoms with Crippen molar-refractivity contribution in [2.24, 2.45) is 5.10 Å². The Morgan fingerprint density at radius 1 is 1.28 bits per heavy atom. The standard InChI is InChI=1S/C13H15N5/c1-4-17-6-5-12-11(10(3)16-17)8-14-13-7-9(2)15-18(12)13/h5-8H,4H2,1-3H3. The average Bonchev–Trinajstić information content (AvgIpc) is 2.65. The molecule has 18 heavy (non-hydrogen) atoms. The first-order chi connectivity index (χ1) is 8.69. The second-order valence-electron chi connectivity index (χ2n) is 4.37. The van der Waals surface area contributed by atoms with Crippen LogP contribution in [0.4, 0.5) is 0 Å². The lowest BCUT2D eigenvalue weighted by atomic mass is 10.1. The molecule has 0 saturated heterocycles. The van der Waals surface area contributed by atoms with Gasteiger partial charge in [0.15, 0.2) is 5.65 Å². The Hall–Kier alpha value is -2.17. The summed E-state index contributed by atoms with van der Waals surface area (Å²) >= 11 is 0. The van der Waals surface area contributed by atoms with E-state index in [4.69, 9.17) is 0 Å². The topological polar surface area (TPSA) is 45.8 Å². The summed E-state index contributed by atoms with van der Waals surface area (Å²) in [4.78, 5) is 4.43. The van der Waals surface area contributed by atoms with Gasteiger partial charge in [-0.1, -0.05) is 0 Å². The van der Waals surface area contributed by atoms with E-state index < -0.39 is 0 Å². The molecule has 5 heteroatoms. The summed E-state index contributed by atoms with van der Waals surface area (Å²) < 4.78 is 1.87. The normalized spacial score (nSPS) is 14.6. The van der Waals surface area contributed by atoms with Crippen LogP contribution in [0.25, 0.3) is 11.7 Å². The van der Waals surface area contributed by atoms with Crippen LogP contribution < -0.4 is 0 Å². The van der Waals surface area contributed by atoms with Gasteiger partial charge in [-0.15, -0.1) is 0 Å². The number of hydrazone groups is 1. The first-order valence-corrected chi connectivity index (χ1v) is 6.05. The molecule has 0 unspecified atom stereocenters. The maximum Gasteiger partial charge on any atom is 0.155 e.